The fraction of sp³-hybridized carbons (Fsp3) is 0.909. The van der Waals surface area contributed by atoms with Gasteiger partial charge in [0.25, 0.3) is 0 Å². The molecule has 14 heavy (non-hydrogen) atoms. The van der Waals surface area contributed by atoms with Gasteiger partial charge in [-0.2, -0.15) is 0 Å². The lowest BCUT2D eigenvalue weighted by atomic mass is 9.82. The summed E-state index contributed by atoms with van der Waals surface area (Å²) in [5.41, 5.74) is 5.60. The SMILES string of the molecule is CN(C(=O)CN)C12CCCC(CC1)C2. The molecular weight excluding hydrogens is 176 g/mol. The summed E-state index contributed by atoms with van der Waals surface area (Å²) in [4.78, 5) is 13.5. The maximum atomic E-state index is 11.6. The van der Waals surface area contributed by atoms with Crippen LogP contribution in [0.3, 0.4) is 0 Å². The fourth-order valence-electron chi connectivity index (χ4n) is 3.28. The molecule has 80 valence electrons. The zero-order valence-electron chi connectivity index (χ0n) is 8.96. The van der Waals surface area contributed by atoms with Crippen LogP contribution < -0.4 is 5.73 Å². The smallest absolute Gasteiger partial charge is 0.236 e. The van der Waals surface area contributed by atoms with Gasteiger partial charge in [-0.3, -0.25) is 4.79 Å². The molecular formula is C11H20N2O. The van der Waals surface area contributed by atoms with Gasteiger partial charge in [0.05, 0.1) is 6.54 Å². The van der Waals surface area contributed by atoms with E-state index in [0.29, 0.717) is 0 Å². The van der Waals surface area contributed by atoms with Crippen molar-refractivity contribution in [2.75, 3.05) is 13.6 Å². The van der Waals surface area contributed by atoms with E-state index in [1.165, 1.54) is 38.5 Å². The third kappa shape index (κ3) is 1.44. The Hall–Kier alpha value is -0.570. The summed E-state index contributed by atoms with van der Waals surface area (Å²) in [6.07, 6.45) is 7.56. The Balaban J connectivity index is 2.11. The number of carbonyl (C=O) groups excluding carboxylic acids is 1. The molecule has 2 N–H and O–H groups in total. The number of amides is 1. The van der Waals surface area contributed by atoms with Gasteiger partial charge in [-0.15, -0.1) is 0 Å². The molecule has 0 spiro atoms. The molecule has 2 aliphatic carbocycles. The molecule has 0 aromatic carbocycles. The van der Waals surface area contributed by atoms with Gasteiger partial charge in [0.1, 0.15) is 0 Å². The van der Waals surface area contributed by atoms with Gasteiger partial charge < -0.3 is 10.6 Å². The van der Waals surface area contributed by atoms with Crippen LogP contribution in [0.5, 0.6) is 0 Å². The molecule has 2 fully saturated rings. The highest BCUT2D eigenvalue weighted by Crippen LogP contribution is 2.48. The summed E-state index contributed by atoms with van der Waals surface area (Å²) in [6.45, 7) is 0.156. The monoisotopic (exact) mass is 196 g/mol. The van der Waals surface area contributed by atoms with Gasteiger partial charge in [-0.1, -0.05) is 12.8 Å². The fourth-order valence-corrected chi connectivity index (χ4v) is 3.28. The van der Waals surface area contributed by atoms with Gasteiger partial charge in [0.15, 0.2) is 0 Å². The molecule has 0 aromatic heterocycles. The molecule has 0 aliphatic heterocycles. The molecule has 2 saturated carbocycles. The van der Waals surface area contributed by atoms with Crippen molar-refractivity contribution >= 4 is 5.91 Å². The summed E-state index contributed by atoms with van der Waals surface area (Å²) in [6, 6.07) is 0. The first-order chi connectivity index (χ1) is 6.68. The van der Waals surface area contributed by atoms with E-state index in [4.69, 9.17) is 5.73 Å². The first-order valence-corrected chi connectivity index (χ1v) is 5.65. The Kier molecular flexibility index (Phi) is 2.52. The first-order valence-electron chi connectivity index (χ1n) is 5.65. The predicted molar refractivity (Wildman–Crippen MR) is 55.7 cm³/mol. The quantitative estimate of drug-likeness (QED) is 0.719. The lowest BCUT2D eigenvalue weighted by molar-refractivity contribution is -0.134. The summed E-state index contributed by atoms with van der Waals surface area (Å²) < 4.78 is 0. The number of carbonyl (C=O) groups is 1. The van der Waals surface area contributed by atoms with Crippen molar-refractivity contribution in [1.82, 2.24) is 4.90 Å². The third-order valence-corrected chi connectivity index (χ3v) is 4.20. The predicted octanol–water partition coefficient (Wildman–Crippen LogP) is 1.13. The van der Waals surface area contributed by atoms with Crippen LogP contribution >= 0.6 is 0 Å². The summed E-state index contributed by atoms with van der Waals surface area (Å²) in [5, 5.41) is 0. The van der Waals surface area contributed by atoms with Gasteiger partial charge in [0.2, 0.25) is 5.91 Å². The highest BCUT2D eigenvalue weighted by Gasteiger charge is 2.45. The number of hydrogen-bond acceptors (Lipinski definition) is 2. The molecule has 3 heteroatoms. The lowest BCUT2D eigenvalue weighted by Gasteiger charge is -2.41. The zero-order valence-corrected chi connectivity index (χ0v) is 8.96. The van der Waals surface area contributed by atoms with Crippen LogP contribution in [0.2, 0.25) is 0 Å². The van der Waals surface area contributed by atoms with Crippen LogP contribution in [0.4, 0.5) is 0 Å². The minimum absolute atomic E-state index is 0.104. The van der Waals surface area contributed by atoms with Crippen molar-refractivity contribution in [2.24, 2.45) is 11.7 Å². The summed E-state index contributed by atoms with van der Waals surface area (Å²) in [7, 11) is 1.93. The maximum absolute atomic E-state index is 11.6. The summed E-state index contributed by atoms with van der Waals surface area (Å²) in [5.74, 6) is 0.976. The van der Waals surface area contributed by atoms with E-state index in [2.05, 4.69) is 0 Å². The number of likely N-dealkylation sites (N-methyl/N-ethyl adjacent to an activating group) is 1. The van der Waals surface area contributed by atoms with E-state index in [-0.39, 0.29) is 18.0 Å². The van der Waals surface area contributed by atoms with Crippen molar-refractivity contribution in [1.29, 1.82) is 0 Å². The van der Waals surface area contributed by atoms with Gasteiger partial charge in [-0.25, -0.2) is 0 Å². The lowest BCUT2D eigenvalue weighted by Crippen LogP contribution is -2.50. The minimum atomic E-state index is 0.104. The molecule has 2 aliphatic rings. The van der Waals surface area contributed by atoms with Crippen molar-refractivity contribution in [3.05, 3.63) is 0 Å². The Morgan fingerprint density at radius 1 is 1.50 bits per heavy atom. The van der Waals surface area contributed by atoms with E-state index in [1.807, 2.05) is 11.9 Å². The van der Waals surface area contributed by atoms with Gasteiger partial charge in [0, 0.05) is 12.6 Å². The normalized spacial score (nSPS) is 35.7. The van der Waals surface area contributed by atoms with E-state index >= 15 is 0 Å². The molecule has 3 nitrogen and oxygen atoms in total. The molecule has 0 radical (unpaired) electrons. The van der Waals surface area contributed by atoms with Crippen molar-refractivity contribution in [2.45, 2.75) is 44.1 Å². The van der Waals surface area contributed by atoms with Crippen molar-refractivity contribution in [3.8, 4) is 0 Å². The van der Waals surface area contributed by atoms with Crippen LogP contribution in [-0.4, -0.2) is 29.9 Å². The van der Waals surface area contributed by atoms with E-state index < -0.39 is 0 Å². The van der Waals surface area contributed by atoms with Crippen molar-refractivity contribution < 1.29 is 4.79 Å². The second-order valence-corrected chi connectivity index (χ2v) is 4.88. The van der Waals surface area contributed by atoms with Crippen molar-refractivity contribution in [3.63, 3.8) is 0 Å². The number of hydrogen-bond donors (Lipinski definition) is 1. The highest BCUT2D eigenvalue weighted by molar-refractivity contribution is 5.78. The average molecular weight is 196 g/mol. The molecule has 0 aromatic rings. The van der Waals surface area contributed by atoms with Crippen LogP contribution in [0, 0.1) is 5.92 Å². The number of fused-ring (bicyclic) bond motifs is 2. The molecule has 0 heterocycles. The number of nitrogens with two attached hydrogens (primary N) is 1. The zero-order chi connectivity index (χ0) is 10.2. The largest absolute Gasteiger partial charge is 0.339 e. The molecule has 0 saturated heterocycles. The van der Waals surface area contributed by atoms with E-state index in [0.717, 1.165) is 5.92 Å². The van der Waals surface area contributed by atoms with Gasteiger partial charge >= 0.3 is 0 Å². The van der Waals surface area contributed by atoms with Crippen LogP contribution in [0.15, 0.2) is 0 Å². The Morgan fingerprint density at radius 3 is 3.00 bits per heavy atom. The second-order valence-electron chi connectivity index (χ2n) is 4.88. The van der Waals surface area contributed by atoms with E-state index in [9.17, 15) is 4.79 Å². The molecule has 2 unspecified atom stereocenters. The molecule has 2 rings (SSSR count). The average Bonchev–Trinajstić information content (AvgIpc) is 2.53. The van der Waals surface area contributed by atoms with E-state index in [1.54, 1.807) is 0 Å². The van der Waals surface area contributed by atoms with Crippen LogP contribution in [0.1, 0.15) is 38.5 Å². The Bertz CT molecular complexity index is 237. The van der Waals surface area contributed by atoms with Gasteiger partial charge in [-0.05, 0) is 31.6 Å². The minimum Gasteiger partial charge on any atom is -0.339 e. The topological polar surface area (TPSA) is 46.3 Å². The standard InChI is InChI=1S/C11H20N2O/c1-13(10(14)8-12)11-5-2-3-9(7-11)4-6-11/h9H,2-8,12H2,1H3. The molecule has 2 atom stereocenters. The number of rotatable bonds is 2. The molecule has 1 amide bonds. The van der Waals surface area contributed by atoms with Crippen LogP contribution in [-0.2, 0) is 4.79 Å². The Labute approximate surface area is 85.6 Å². The summed E-state index contributed by atoms with van der Waals surface area (Å²) >= 11 is 0. The second kappa shape index (κ2) is 3.54. The number of nitrogens with zero attached hydrogens (tertiary/aromatic N) is 1. The first kappa shape index (κ1) is 9.97. The van der Waals surface area contributed by atoms with Crippen LogP contribution in [0.25, 0.3) is 0 Å². The maximum Gasteiger partial charge on any atom is 0.236 e. The Morgan fingerprint density at radius 2 is 2.29 bits per heavy atom. The molecule has 2 bridgehead atoms. The highest BCUT2D eigenvalue weighted by atomic mass is 16.2. The third-order valence-electron chi connectivity index (χ3n) is 4.20.